The summed E-state index contributed by atoms with van der Waals surface area (Å²) in [6.45, 7) is 0. The maximum atomic E-state index is 2.53. The van der Waals surface area contributed by atoms with E-state index in [0.717, 1.165) is 0 Å². The van der Waals surface area contributed by atoms with Crippen molar-refractivity contribution in [2.45, 2.75) is 19.3 Å². The molecule has 0 aromatic heterocycles. The summed E-state index contributed by atoms with van der Waals surface area (Å²) in [5.41, 5.74) is 0. The third kappa shape index (κ3) is 2.09. The van der Waals surface area contributed by atoms with Crippen molar-refractivity contribution in [3.05, 3.63) is 30.3 Å². The third-order valence-electron chi connectivity index (χ3n) is 3.56. The van der Waals surface area contributed by atoms with Crippen LogP contribution in [-0.2, 0) is 0 Å². The van der Waals surface area contributed by atoms with Gasteiger partial charge >= 0.3 is 0 Å². The molecular formula is C13H21NP+. The predicted molar refractivity (Wildman–Crippen MR) is 70.3 cm³/mol. The first-order valence-corrected chi connectivity index (χ1v) is 7.97. The first-order chi connectivity index (χ1) is 7.26. The van der Waals surface area contributed by atoms with Crippen molar-refractivity contribution in [3.63, 3.8) is 0 Å². The van der Waals surface area contributed by atoms with Gasteiger partial charge in [0, 0.05) is 14.1 Å². The molecular weight excluding hydrogens is 201 g/mol. The lowest BCUT2D eigenvalue weighted by atomic mass is 10.3. The highest BCUT2D eigenvalue weighted by atomic mass is 31.2. The van der Waals surface area contributed by atoms with Crippen LogP contribution in [0.2, 0.25) is 0 Å². The second kappa shape index (κ2) is 4.63. The molecule has 1 saturated heterocycles. The van der Waals surface area contributed by atoms with Crippen LogP contribution in [-0.4, -0.2) is 31.1 Å². The molecule has 1 aromatic carbocycles. The lowest BCUT2D eigenvalue weighted by Gasteiger charge is -2.35. The Morgan fingerprint density at radius 3 is 2.07 bits per heavy atom. The van der Waals surface area contributed by atoms with E-state index in [2.05, 4.69) is 49.1 Å². The van der Waals surface area contributed by atoms with Crippen LogP contribution in [0.5, 0.6) is 0 Å². The molecule has 2 rings (SSSR count). The van der Waals surface area contributed by atoms with E-state index in [-0.39, 0.29) is 0 Å². The zero-order valence-corrected chi connectivity index (χ0v) is 10.7. The predicted octanol–water partition coefficient (Wildman–Crippen LogP) is 2.99. The molecule has 0 radical (unpaired) electrons. The van der Waals surface area contributed by atoms with Crippen molar-refractivity contribution in [2.24, 2.45) is 0 Å². The second-order valence-corrected chi connectivity index (χ2v) is 8.67. The van der Waals surface area contributed by atoms with Gasteiger partial charge in [0.25, 0.3) is 0 Å². The highest BCUT2D eigenvalue weighted by Crippen LogP contribution is 2.62. The molecule has 1 heterocycles. The van der Waals surface area contributed by atoms with E-state index in [9.17, 15) is 0 Å². The Morgan fingerprint density at radius 1 is 0.933 bits per heavy atom. The fraction of sp³-hybridized carbons (Fsp3) is 0.538. The maximum Gasteiger partial charge on any atom is 0.115 e. The van der Waals surface area contributed by atoms with Gasteiger partial charge in [-0.3, -0.25) is 0 Å². The average Bonchev–Trinajstić information content (AvgIpc) is 2.31. The average molecular weight is 222 g/mol. The van der Waals surface area contributed by atoms with Crippen LogP contribution in [0, 0.1) is 0 Å². The summed E-state index contributed by atoms with van der Waals surface area (Å²) in [4.78, 5) is 0. The number of nitrogens with zero attached hydrogens (tertiary/aromatic N) is 1. The standard InChI is InChI=1S/C13H21NP/c1-14(2)15(11-7-4-8-12-15)13-9-5-3-6-10-13/h3,5-6,9-10H,4,7-8,11-12H2,1-2H3/q+1. The molecule has 0 amide bonds. The minimum atomic E-state index is -0.981. The largest absolute Gasteiger partial charge is 0.181 e. The van der Waals surface area contributed by atoms with E-state index in [1.54, 1.807) is 5.30 Å². The monoisotopic (exact) mass is 222 g/mol. The van der Waals surface area contributed by atoms with E-state index in [1.807, 2.05) is 0 Å². The zero-order chi connectivity index (χ0) is 10.7. The van der Waals surface area contributed by atoms with Gasteiger partial charge in [-0.25, -0.2) is 0 Å². The molecule has 1 nitrogen and oxygen atoms in total. The van der Waals surface area contributed by atoms with E-state index in [0.29, 0.717) is 0 Å². The summed E-state index contributed by atoms with van der Waals surface area (Å²) in [5.74, 6) is 0. The highest BCUT2D eigenvalue weighted by molar-refractivity contribution is 7.80. The zero-order valence-electron chi connectivity index (χ0n) is 9.82. The minimum Gasteiger partial charge on any atom is -0.181 e. The molecule has 0 atom stereocenters. The SMILES string of the molecule is CN(C)[P+]1(c2ccccc2)CCCCC1. The van der Waals surface area contributed by atoms with Crippen LogP contribution >= 0.6 is 7.41 Å². The molecule has 0 N–H and O–H groups in total. The van der Waals surface area contributed by atoms with Gasteiger partial charge in [-0.05, 0) is 31.4 Å². The highest BCUT2D eigenvalue weighted by Gasteiger charge is 2.43. The lowest BCUT2D eigenvalue weighted by molar-refractivity contribution is 0.628. The Balaban J connectivity index is 2.34. The van der Waals surface area contributed by atoms with Crippen molar-refractivity contribution < 1.29 is 0 Å². The summed E-state index contributed by atoms with van der Waals surface area (Å²) >= 11 is 0. The fourth-order valence-electron chi connectivity index (χ4n) is 2.63. The number of hydrogen-bond donors (Lipinski definition) is 0. The van der Waals surface area contributed by atoms with E-state index < -0.39 is 7.41 Å². The van der Waals surface area contributed by atoms with Gasteiger partial charge in [0.15, 0.2) is 0 Å². The Bertz CT molecular complexity index is 302. The Hall–Kier alpha value is -0.390. The topological polar surface area (TPSA) is 3.24 Å². The Morgan fingerprint density at radius 2 is 1.53 bits per heavy atom. The quantitative estimate of drug-likeness (QED) is 0.695. The van der Waals surface area contributed by atoms with Gasteiger partial charge in [0.05, 0.1) is 12.3 Å². The number of rotatable bonds is 2. The second-order valence-electron chi connectivity index (χ2n) is 4.61. The van der Waals surface area contributed by atoms with Gasteiger partial charge in [-0.1, -0.05) is 18.2 Å². The summed E-state index contributed by atoms with van der Waals surface area (Å²) in [6.07, 6.45) is 7.11. The molecule has 2 heteroatoms. The molecule has 0 aliphatic carbocycles. The normalized spacial score (nSPS) is 20.5. The van der Waals surface area contributed by atoms with Crippen LogP contribution in [0.4, 0.5) is 0 Å². The Labute approximate surface area is 93.9 Å². The van der Waals surface area contributed by atoms with E-state index in [1.165, 1.54) is 31.6 Å². The number of benzene rings is 1. The summed E-state index contributed by atoms with van der Waals surface area (Å²) in [7, 11) is 3.56. The molecule has 1 aromatic rings. The summed E-state index contributed by atoms with van der Waals surface area (Å²) in [6, 6.07) is 11.2. The molecule has 0 spiro atoms. The van der Waals surface area contributed by atoms with Crippen LogP contribution in [0.15, 0.2) is 30.3 Å². The van der Waals surface area contributed by atoms with Crippen LogP contribution < -0.4 is 5.30 Å². The summed E-state index contributed by atoms with van der Waals surface area (Å²) in [5, 5.41) is 1.61. The van der Waals surface area contributed by atoms with Crippen molar-refractivity contribution in [1.82, 2.24) is 4.67 Å². The van der Waals surface area contributed by atoms with Crippen LogP contribution in [0.3, 0.4) is 0 Å². The van der Waals surface area contributed by atoms with Gasteiger partial charge in [-0.2, -0.15) is 4.67 Å². The van der Waals surface area contributed by atoms with Gasteiger partial charge in [0.1, 0.15) is 12.7 Å². The van der Waals surface area contributed by atoms with Gasteiger partial charge in [-0.15, -0.1) is 0 Å². The minimum absolute atomic E-state index is 0.981. The smallest absolute Gasteiger partial charge is 0.115 e. The fourth-order valence-corrected chi connectivity index (χ4v) is 6.85. The van der Waals surface area contributed by atoms with Crippen molar-refractivity contribution in [2.75, 3.05) is 26.4 Å². The van der Waals surface area contributed by atoms with Crippen LogP contribution in [0.1, 0.15) is 19.3 Å². The summed E-state index contributed by atoms with van der Waals surface area (Å²) < 4.78 is 2.53. The maximum absolute atomic E-state index is 2.53. The molecule has 15 heavy (non-hydrogen) atoms. The Kier molecular flexibility index (Phi) is 3.43. The molecule has 0 unspecified atom stereocenters. The molecule has 0 saturated carbocycles. The molecule has 1 aliphatic heterocycles. The third-order valence-corrected chi connectivity index (χ3v) is 8.46. The molecule has 1 aliphatic rings. The number of hydrogen-bond acceptors (Lipinski definition) is 1. The van der Waals surface area contributed by atoms with Crippen molar-refractivity contribution in [1.29, 1.82) is 0 Å². The molecule has 1 fully saturated rings. The first kappa shape index (κ1) is 11.1. The molecule has 0 bridgehead atoms. The van der Waals surface area contributed by atoms with Crippen LogP contribution in [0.25, 0.3) is 0 Å². The molecule has 82 valence electrons. The lowest BCUT2D eigenvalue weighted by Crippen LogP contribution is -2.31. The van der Waals surface area contributed by atoms with Crippen molar-refractivity contribution >= 4 is 12.7 Å². The van der Waals surface area contributed by atoms with Gasteiger partial charge in [0.2, 0.25) is 0 Å². The first-order valence-electron chi connectivity index (χ1n) is 5.86. The van der Waals surface area contributed by atoms with Crippen molar-refractivity contribution in [3.8, 4) is 0 Å². The van der Waals surface area contributed by atoms with E-state index >= 15 is 0 Å². The van der Waals surface area contributed by atoms with E-state index in [4.69, 9.17) is 0 Å². The van der Waals surface area contributed by atoms with Gasteiger partial charge < -0.3 is 0 Å².